The van der Waals surface area contributed by atoms with Crippen molar-refractivity contribution in [2.75, 3.05) is 46.2 Å². The fraction of sp³-hybridized carbons (Fsp3) is 1.00. The molecule has 6 aliphatic heterocycles. The fourth-order valence-electron chi connectivity index (χ4n) is 14.1. The molecule has 0 aromatic rings. The number of unbranched alkanes of at least 4 members (excludes halogenated alkanes) is 1. The lowest BCUT2D eigenvalue weighted by molar-refractivity contribution is 0.116. The maximum absolute atomic E-state index is 6.52. The van der Waals surface area contributed by atoms with Crippen LogP contribution in [0.3, 0.4) is 0 Å². The summed E-state index contributed by atoms with van der Waals surface area (Å²) in [4.78, 5) is 0. The molecule has 3 aliphatic carbocycles. The van der Waals surface area contributed by atoms with E-state index in [1.165, 1.54) is 127 Å². The Morgan fingerprint density at radius 3 is 0.989 bits per heavy atom. The third-order valence-electron chi connectivity index (χ3n) is 18.6. The van der Waals surface area contributed by atoms with Crippen molar-refractivity contribution < 1.29 is 62.6 Å². The summed E-state index contributed by atoms with van der Waals surface area (Å²) in [7, 11) is -13.5. The van der Waals surface area contributed by atoms with Gasteiger partial charge in [-0.2, -0.15) is 0 Å². The molecular weight excluding hydrogens is 1350 g/mol. The Balaban J connectivity index is 0.000000237. The number of epoxide rings is 6. The topological polar surface area (TPSA) is 149 Å². The van der Waals surface area contributed by atoms with Crippen molar-refractivity contribution in [3.8, 4) is 0 Å². The van der Waals surface area contributed by atoms with Crippen LogP contribution in [0.1, 0.15) is 109 Å². The second kappa shape index (κ2) is 42.6. The largest absolute Gasteiger partial charge is 0.458 e. The van der Waals surface area contributed by atoms with Crippen molar-refractivity contribution in [2.45, 2.75) is 357 Å². The predicted molar refractivity (Wildman–Crippen MR) is 419 cm³/mol. The number of ether oxygens (including phenoxy) is 8. The molecule has 9 fully saturated rings. The van der Waals surface area contributed by atoms with E-state index in [2.05, 4.69) is 157 Å². The molecule has 12 unspecified atom stereocenters. The van der Waals surface area contributed by atoms with Crippen molar-refractivity contribution in [1.82, 2.24) is 0 Å². The van der Waals surface area contributed by atoms with Gasteiger partial charge in [0.25, 0.3) is 0 Å². The van der Waals surface area contributed by atoms with E-state index >= 15 is 0 Å². The summed E-state index contributed by atoms with van der Waals surface area (Å²) >= 11 is 0. The maximum Gasteiger partial charge on any atom is 0.310 e. The Morgan fingerprint density at radius 2 is 0.663 bits per heavy atom. The van der Waals surface area contributed by atoms with Gasteiger partial charge in [0.2, 0.25) is 0 Å². The molecule has 3 saturated carbocycles. The highest BCUT2D eigenvalue weighted by Crippen LogP contribution is 2.44. The van der Waals surface area contributed by atoms with Gasteiger partial charge < -0.3 is 62.6 Å². The third-order valence-corrected chi connectivity index (χ3v) is 53.8. The third kappa shape index (κ3) is 45.1. The Kier molecular flexibility index (Phi) is 40.0. The van der Waals surface area contributed by atoms with Crippen LogP contribution in [0, 0.1) is 17.8 Å². The quantitative estimate of drug-likeness (QED) is 0.0328. The van der Waals surface area contributed by atoms with Gasteiger partial charge in [-0.1, -0.05) is 51.2 Å². The molecule has 0 aromatic carbocycles. The van der Waals surface area contributed by atoms with Crippen molar-refractivity contribution >= 4 is 104 Å². The lowest BCUT2D eigenvalue weighted by Crippen LogP contribution is -2.48. The normalized spacial score (nSPS) is 27.8. The first-order chi connectivity index (χ1) is 42.9. The summed E-state index contributed by atoms with van der Waals surface area (Å²) in [5.74, 6) is 2.82. The second-order valence-electron chi connectivity index (χ2n) is 34.3. The first-order valence-corrected chi connectivity index (χ1v) is 73.4. The Bertz CT molecular complexity index is 1910. The minimum atomic E-state index is -1.90. The molecule has 92 heavy (non-hydrogen) atoms. The van der Waals surface area contributed by atoms with Crippen LogP contribution in [0.15, 0.2) is 0 Å². The van der Waals surface area contributed by atoms with Crippen LogP contribution in [-0.4, -0.2) is 205 Å². The van der Waals surface area contributed by atoms with Crippen molar-refractivity contribution in [1.29, 1.82) is 0 Å². The standard InChI is InChI=1S/C14H32O3Si3.C12H26O2Si2.2C10H24O3Si2.C10H24O2Si2.C10H20OSi/c1-18(2)16-20(5,6)17-19(3,4)10-9-12-7-8-13-14(11-12)15-13;1-15(2)14-16(3,4)8-7-10-5-6-11-12(9-10)13-11;2*1-14(2)13-15(3,4)7-5-6-11-8-10-9-12-10;1-13(2)12-14(3,4)8-6-5-7-10-9-11-10;1-12(2)6-5-8-3-4-9-10(7-8)11-9/h12-14,18H,7-11H2,1-6H3;10-12,15H,5-9H2,1-4H3;2*10,14H,5-9H2,1-4H3;10,13H,5-9H2,1-4H3;8-10,12H,3-7H2,1-2H3. The predicted octanol–water partition coefficient (Wildman–Crippen LogP) is 16.2. The van der Waals surface area contributed by atoms with Crippen molar-refractivity contribution in [3.05, 3.63) is 0 Å². The second-order valence-corrected chi connectivity index (χ2v) is 76.6. The van der Waals surface area contributed by atoms with Crippen molar-refractivity contribution in [3.63, 3.8) is 0 Å². The number of hydrogen-bond donors (Lipinski definition) is 0. The summed E-state index contributed by atoms with van der Waals surface area (Å²) < 4.78 is 80.3. The van der Waals surface area contributed by atoms with E-state index in [0.717, 1.165) is 76.8 Å². The van der Waals surface area contributed by atoms with Gasteiger partial charge in [-0.25, -0.2) is 0 Å². The van der Waals surface area contributed by atoms with E-state index in [1.54, 1.807) is 6.04 Å². The summed E-state index contributed by atoms with van der Waals surface area (Å²) in [6.45, 7) is 61.5. The van der Waals surface area contributed by atoms with Crippen LogP contribution in [0.4, 0.5) is 0 Å². The molecule has 26 heteroatoms. The highest BCUT2D eigenvalue weighted by molar-refractivity contribution is 6.84. The molecule has 0 amide bonds. The molecule has 6 saturated heterocycles. The number of hydrogen-bond acceptors (Lipinski definition) is 14. The minimum Gasteiger partial charge on any atom is -0.458 e. The first kappa shape index (κ1) is 86.4. The molecular formula is C66H150O14Si12. The van der Waals surface area contributed by atoms with Gasteiger partial charge in [0.05, 0.1) is 75.8 Å². The molecule has 0 N–H and O–H groups in total. The Labute approximate surface area is 584 Å². The van der Waals surface area contributed by atoms with E-state index in [0.29, 0.717) is 54.9 Å². The summed E-state index contributed by atoms with van der Waals surface area (Å²) in [6, 6.07) is 7.91. The zero-order valence-corrected chi connectivity index (χ0v) is 77.2. The van der Waals surface area contributed by atoms with Gasteiger partial charge in [0, 0.05) is 22.0 Å². The van der Waals surface area contributed by atoms with E-state index in [4.69, 9.17) is 62.6 Å². The molecule has 9 aliphatic rings. The Hall–Kier alpha value is 2.04. The number of rotatable bonds is 38. The van der Waals surface area contributed by atoms with Crippen LogP contribution in [0.2, 0.25) is 193 Å². The molecule has 0 bridgehead atoms. The van der Waals surface area contributed by atoms with Crippen LogP contribution in [0.5, 0.6) is 0 Å². The van der Waals surface area contributed by atoms with Crippen LogP contribution < -0.4 is 0 Å². The summed E-state index contributed by atoms with van der Waals surface area (Å²) in [5, 5.41) is 0. The van der Waals surface area contributed by atoms with Gasteiger partial charge in [-0.15, -0.1) is 0 Å². The van der Waals surface area contributed by atoms with Crippen LogP contribution in [-0.2, 0) is 62.6 Å². The molecule has 0 aromatic heterocycles. The molecule has 0 spiro atoms. The number of fused-ring (bicyclic) bond motifs is 3. The van der Waals surface area contributed by atoms with Gasteiger partial charge >= 0.3 is 8.56 Å². The lowest BCUT2D eigenvalue weighted by Gasteiger charge is -2.35. The maximum atomic E-state index is 6.52. The van der Waals surface area contributed by atoms with Crippen LogP contribution >= 0.6 is 0 Å². The zero-order chi connectivity index (χ0) is 68.5. The van der Waals surface area contributed by atoms with Crippen molar-refractivity contribution in [2.24, 2.45) is 17.8 Å². The van der Waals surface area contributed by atoms with E-state index in [9.17, 15) is 0 Å². The smallest absolute Gasteiger partial charge is 0.310 e. The van der Waals surface area contributed by atoms with Gasteiger partial charge in [-0.05, 0) is 269 Å². The molecule has 6 heterocycles. The highest BCUT2D eigenvalue weighted by atomic mass is 28.5. The zero-order valence-electron chi connectivity index (χ0n) is 64.3. The molecule has 0 radical (unpaired) electrons. The molecule has 12 atom stereocenters. The summed E-state index contributed by atoms with van der Waals surface area (Å²) in [6.07, 6.45) is 27.9. The van der Waals surface area contributed by atoms with E-state index < -0.39 is 95.3 Å². The fourth-order valence-corrected chi connectivity index (χ4v) is 53.8. The van der Waals surface area contributed by atoms with E-state index in [1.807, 2.05) is 0 Å². The molecule has 14 nitrogen and oxygen atoms in total. The highest BCUT2D eigenvalue weighted by Gasteiger charge is 2.46. The lowest BCUT2D eigenvalue weighted by atomic mass is 9.88. The SMILES string of the molecule is C[SiH](C)CCC1CCC2OC2C1.C[SiH](C)O[Si](C)(C)CCC1CCC2OC2C1.C[SiH](C)O[Si](C)(C)CCCCC1CO1.C[SiH](C)O[Si](C)(C)CCCOCC1CO1.C[SiH](C)O[Si](C)(C)CCCOCC1CO1.C[SiH](C)O[Si](C)(C)O[Si](C)(C)CCC1CCC2OC2C1. The average molecular weight is 1500 g/mol. The van der Waals surface area contributed by atoms with Gasteiger partial charge in [0.1, 0.15) is 12.2 Å². The Morgan fingerprint density at radius 1 is 0.337 bits per heavy atom. The first-order valence-electron chi connectivity index (χ1n) is 37.9. The van der Waals surface area contributed by atoms with Gasteiger partial charge in [0.15, 0.2) is 86.8 Å². The molecule has 546 valence electrons. The molecule has 9 rings (SSSR count). The van der Waals surface area contributed by atoms with Crippen LogP contribution in [0.25, 0.3) is 0 Å². The monoisotopic (exact) mass is 1500 g/mol. The minimum absolute atomic E-state index is 0.289. The average Bonchev–Trinajstić information content (AvgIpc) is 1.68. The summed E-state index contributed by atoms with van der Waals surface area (Å²) in [5.41, 5.74) is 0. The van der Waals surface area contributed by atoms with E-state index in [-0.39, 0.29) is 8.80 Å². The van der Waals surface area contributed by atoms with Gasteiger partial charge in [-0.3, -0.25) is 0 Å².